The molecule has 3 rings (SSSR count). The van der Waals surface area contributed by atoms with E-state index in [9.17, 15) is 4.79 Å². The maximum absolute atomic E-state index is 12.2. The molecule has 6 heteroatoms. The van der Waals surface area contributed by atoms with E-state index in [4.69, 9.17) is 19.9 Å². The van der Waals surface area contributed by atoms with Gasteiger partial charge in [-0.25, -0.2) is 0 Å². The number of nitrogens with one attached hydrogen (secondary N) is 1. The van der Waals surface area contributed by atoms with Gasteiger partial charge in [0.2, 0.25) is 6.79 Å². The van der Waals surface area contributed by atoms with Crippen molar-refractivity contribution < 1.29 is 19.0 Å². The number of hydrogen-bond donors (Lipinski definition) is 2. The molecule has 1 fully saturated rings. The number of ether oxygens (including phenoxy) is 3. The molecule has 1 saturated heterocycles. The molecule has 1 unspecified atom stereocenters. The number of nitrogen functional groups attached to an aromatic ring is 1. The van der Waals surface area contributed by atoms with E-state index < -0.39 is 0 Å². The molecule has 0 saturated carbocycles. The molecule has 6 nitrogen and oxygen atoms in total. The van der Waals surface area contributed by atoms with E-state index in [0.717, 1.165) is 19.4 Å². The van der Waals surface area contributed by atoms with Crippen LogP contribution in [0.1, 0.15) is 23.2 Å². The lowest BCUT2D eigenvalue weighted by Crippen LogP contribution is -2.40. The minimum Gasteiger partial charge on any atom is -0.454 e. The number of carbonyl (C=O) groups excluding carboxylic acids is 1. The van der Waals surface area contributed by atoms with Crippen molar-refractivity contribution in [3.63, 3.8) is 0 Å². The zero-order valence-corrected chi connectivity index (χ0v) is 10.5. The Balaban J connectivity index is 1.75. The molecule has 2 aliphatic rings. The van der Waals surface area contributed by atoms with Gasteiger partial charge in [-0.3, -0.25) is 4.79 Å². The van der Waals surface area contributed by atoms with E-state index in [1.807, 2.05) is 0 Å². The third-order valence-corrected chi connectivity index (χ3v) is 3.28. The first-order valence-corrected chi connectivity index (χ1v) is 6.32. The van der Waals surface area contributed by atoms with Gasteiger partial charge in [0.25, 0.3) is 5.91 Å². The molecule has 3 N–H and O–H groups in total. The first-order chi connectivity index (χ1) is 9.24. The lowest BCUT2D eigenvalue weighted by molar-refractivity contribution is 0.0624. The molecule has 1 atom stereocenters. The summed E-state index contributed by atoms with van der Waals surface area (Å²) in [6.07, 6.45) is 1.89. The van der Waals surface area contributed by atoms with E-state index in [1.165, 1.54) is 0 Å². The first kappa shape index (κ1) is 12.1. The molecule has 2 heterocycles. The molecule has 1 amide bonds. The van der Waals surface area contributed by atoms with Crippen LogP contribution in [0.4, 0.5) is 5.69 Å². The average molecular weight is 264 g/mol. The quantitative estimate of drug-likeness (QED) is 0.776. The maximum atomic E-state index is 12.2. The van der Waals surface area contributed by atoms with Gasteiger partial charge in [-0.05, 0) is 18.9 Å². The fourth-order valence-corrected chi connectivity index (χ4v) is 2.27. The number of anilines is 1. The summed E-state index contributed by atoms with van der Waals surface area (Å²) >= 11 is 0. The topological polar surface area (TPSA) is 82.8 Å². The number of fused-ring (bicyclic) bond motifs is 1. The zero-order valence-electron chi connectivity index (χ0n) is 10.5. The van der Waals surface area contributed by atoms with E-state index in [1.54, 1.807) is 12.1 Å². The second-order valence-corrected chi connectivity index (χ2v) is 4.68. The van der Waals surface area contributed by atoms with Gasteiger partial charge in [-0.1, -0.05) is 0 Å². The summed E-state index contributed by atoms with van der Waals surface area (Å²) in [4.78, 5) is 12.2. The van der Waals surface area contributed by atoms with Gasteiger partial charge >= 0.3 is 0 Å². The SMILES string of the molecule is Nc1cc2c(cc1C(=O)NC1CCCOC1)OCO2. The third kappa shape index (κ3) is 2.44. The lowest BCUT2D eigenvalue weighted by Gasteiger charge is -2.23. The highest BCUT2D eigenvalue weighted by Crippen LogP contribution is 2.35. The van der Waals surface area contributed by atoms with Gasteiger partial charge in [0.15, 0.2) is 11.5 Å². The van der Waals surface area contributed by atoms with E-state index in [2.05, 4.69) is 5.32 Å². The number of benzene rings is 1. The monoisotopic (exact) mass is 264 g/mol. The van der Waals surface area contributed by atoms with Gasteiger partial charge in [-0.15, -0.1) is 0 Å². The predicted octanol–water partition coefficient (Wildman–Crippen LogP) is 0.906. The Morgan fingerprint density at radius 2 is 2.11 bits per heavy atom. The summed E-state index contributed by atoms with van der Waals surface area (Å²) in [5, 5.41) is 2.93. The summed E-state index contributed by atoms with van der Waals surface area (Å²) < 4.78 is 15.8. The highest BCUT2D eigenvalue weighted by molar-refractivity contribution is 6.00. The molecular weight excluding hydrogens is 248 g/mol. The normalized spacial score (nSPS) is 21.2. The molecular formula is C13H16N2O4. The molecule has 0 radical (unpaired) electrons. The Morgan fingerprint density at radius 3 is 2.84 bits per heavy atom. The Hall–Kier alpha value is -1.95. The molecule has 0 aromatic heterocycles. The largest absolute Gasteiger partial charge is 0.454 e. The summed E-state index contributed by atoms with van der Waals surface area (Å²) in [6, 6.07) is 3.29. The van der Waals surface area contributed by atoms with Gasteiger partial charge in [0, 0.05) is 18.4 Å². The molecule has 0 aliphatic carbocycles. The van der Waals surface area contributed by atoms with Crippen molar-refractivity contribution in [2.75, 3.05) is 25.7 Å². The van der Waals surface area contributed by atoms with Crippen molar-refractivity contribution in [1.82, 2.24) is 5.32 Å². The van der Waals surface area contributed by atoms with Crippen LogP contribution in [0.3, 0.4) is 0 Å². The van der Waals surface area contributed by atoms with Crippen molar-refractivity contribution in [3.05, 3.63) is 17.7 Å². The molecule has 0 bridgehead atoms. The summed E-state index contributed by atoms with van der Waals surface area (Å²) in [5.74, 6) is 0.931. The molecule has 1 aromatic carbocycles. The number of carbonyl (C=O) groups is 1. The number of rotatable bonds is 2. The molecule has 102 valence electrons. The first-order valence-electron chi connectivity index (χ1n) is 6.32. The van der Waals surface area contributed by atoms with Crippen molar-refractivity contribution in [2.45, 2.75) is 18.9 Å². The van der Waals surface area contributed by atoms with Crippen LogP contribution in [0, 0.1) is 0 Å². The lowest BCUT2D eigenvalue weighted by atomic mass is 10.1. The Bertz CT molecular complexity index is 498. The highest BCUT2D eigenvalue weighted by atomic mass is 16.7. The van der Waals surface area contributed by atoms with Crippen molar-refractivity contribution >= 4 is 11.6 Å². The van der Waals surface area contributed by atoms with Crippen LogP contribution in [0.25, 0.3) is 0 Å². The van der Waals surface area contributed by atoms with Crippen LogP contribution in [0.5, 0.6) is 11.5 Å². The maximum Gasteiger partial charge on any atom is 0.253 e. The second-order valence-electron chi connectivity index (χ2n) is 4.68. The van der Waals surface area contributed by atoms with Crippen LogP contribution < -0.4 is 20.5 Å². The summed E-state index contributed by atoms with van der Waals surface area (Å²) in [6.45, 7) is 1.48. The third-order valence-electron chi connectivity index (χ3n) is 3.28. The van der Waals surface area contributed by atoms with Gasteiger partial charge < -0.3 is 25.3 Å². The fourth-order valence-electron chi connectivity index (χ4n) is 2.27. The molecule has 0 spiro atoms. The Morgan fingerprint density at radius 1 is 1.32 bits per heavy atom. The Labute approximate surface area is 110 Å². The summed E-state index contributed by atoms with van der Waals surface area (Å²) in [5.41, 5.74) is 6.67. The van der Waals surface area contributed by atoms with Crippen molar-refractivity contribution in [3.8, 4) is 11.5 Å². The van der Waals surface area contributed by atoms with Crippen LogP contribution in [-0.4, -0.2) is 32.0 Å². The number of nitrogens with two attached hydrogens (primary N) is 1. The standard InChI is InChI=1S/C13H16N2O4/c14-10-5-12-11(18-7-19-12)4-9(10)13(16)15-8-2-1-3-17-6-8/h4-5,8H,1-3,6-7,14H2,(H,15,16). The zero-order chi connectivity index (χ0) is 13.2. The van der Waals surface area contributed by atoms with Gasteiger partial charge in [0.1, 0.15) is 0 Å². The molecule has 2 aliphatic heterocycles. The fraction of sp³-hybridized carbons (Fsp3) is 0.462. The van der Waals surface area contributed by atoms with E-state index in [0.29, 0.717) is 29.4 Å². The highest BCUT2D eigenvalue weighted by Gasteiger charge is 2.22. The van der Waals surface area contributed by atoms with Crippen LogP contribution in [-0.2, 0) is 4.74 Å². The molecule has 19 heavy (non-hydrogen) atoms. The number of hydrogen-bond acceptors (Lipinski definition) is 5. The van der Waals surface area contributed by atoms with Crippen molar-refractivity contribution in [2.24, 2.45) is 0 Å². The second kappa shape index (κ2) is 4.97. The molecule has 1 aromatic rings. The van der Waals surface area contributed by atoms with E-state index in [-0.39, 0.29) is 18.7 Å². The smallest absolute Gasteiger partial charge is 0.253 e. The minimum atomic E-state index is -0.202. The van der Waals surface area contributed by atoms with Crippen LogP contribution in [0.2, 0.25) is 0 Å². The van der Waals surface area contributed by atoms with Gasteiger partial charge in [0.05, 0.1) is 18.2 Å². The van der Waals surface area contributed by atoms with E-state index >= 15 is 0 Å². The Kier molecular flexibility index (Phi) is 3.16. The summed E-state index contributed by atoms with van der Waals surface area (Å²) in [7, 11) is 0. The number of amides is 1. The minimum absolute atomic E-state index is 0.0473. The van der Waals surface area contributed by atoms with Crippen LogP contribution >= 0.6 is 0 Å². The van der Waals surface area contributed by atoms with Gasteiger partial charge in [-0.2, -0.15) is 0 Å². The predicted molar refractivity (Wildman–Crippen MR) is 68.3 cm³/mol. The van der Waals surface area contributed by atoms with Crippen molar-refractivity contribution in [1.29, 1.82) is 0 Å². The average Bonchev–Trinajstić information content (AvgIpc) is 2.86. The van der Waals surface area contributed by atoms with Crippen LogP contribution in [0.15, 0.2) is 12.1 Å².